The first-order valence-corrected chi connectivity index (χ1v) is 6.75. The second-order valence-electron chi connectivity index (χ2n) is 4.61. The van der Waals surface area contributed by atoms with Gasteiger partial charge in [-0.2, -0.15) is 5.26 Å². The molecule has 100 valence electrons. The van der Waals surface area contributed by atoms with Gasteiger partial charge in [-0.1, -0.05) is 17.7 Å². The number of rotatable bonds is 4. The lowest BCUT2D eigenvalue weighted by atomic mass is 10.1. The molecule has 0 spiro atoms. The number of hydrogen-bond acceptors (Lipinski definition) is 3. The molecule has 1 aromatic carbocycles. The highest BCUT2D eigenvalue weighted by atomic mass is 35.5. The zero-order chi connectivity index (χ0) is 13.7. The van der Waals surface area contributed by atoms with Crippen molar-refractivity contribution in [1.82, 2.24) is 10.2 Å². The molecule has 1 amide bonds. The third-order valence-corrected chi connectivity index (χ3v) is 3.58. The van der Waals surface area contributed by atoms with E-state index < -0.39 is 0 Å². The van der Waals surface area contributed by atoms with E-state index in [2.05, 4.69) is 5.32 Å². The summed E-state index contributed by atoms with van der Waals surface area (Å²) < 4.78 is 0. The number of nitriles is 1. The molecule has 2 rings (SSSR count). The highest BCUT2D eigenvalue weighted by Crippen LogP contribution is 2.17. The van der Waals surface area contributed by atoms with Crippen molar-refractivity contribution in [3.05, 3.63) is 34.3 Å². The van der Waals surface area contributed by atoms with E-state index in [1.54, 1.807) is 12.1 Å². The summed E-state index contributed by atoms with van der Waals surface area (Å²) in [6.07, 6.45) is 2.21. The molecule has 0 saturated carbocycles. The largest absolute Gasteiger partial charge is 0.342 e. The zero-order valence-electron chi connectivity index (χ0n) is 10.7. The molecular formula is C14H16ClN3O. The van der Waals surface area contributed by atoms with E-state index in [1.807, 2.05) is 17.0 Å². The minimum atomic E-state index is 0.141. The summed E-state index contributed by atoms with van der Waals surface area (Å²) in [7, 11) is 0. The Labute approximate surface area is 118 Å². The first-order valence-electron chi connectivity index (χ1n) is 6.38. The summed E-state index contributed by atoms with van der Waals surface area (Å²) in [6, 6.07) is 7.22. The van der Waals surface area contributed by atoms with Crippen LogP contribution in [0.4, 0.5) is 0 Å². The van der Waals surface area contributed by atoms with Gasteiger partial charge in [0.2, 0.25) is 5.91 Å². The highest BCUT2D eigenvalue weighted by Gasteiger charge is 2.17. The Morgan fingerprint density at radius 3 is 2.79 bits per heavy atom. The van der Waals surface area contributed by atoms with E-state index in [0.717, 1.165) is 31.5 Å². The number of nitrogens with zero attached hydrogens (tertiary/aromatic N) is 2. The monoisotopic (exact) mass is 277 g/mol. The van der Waals surface area contributed by atoms with E-state index in [9.17, 15) is 4.79 Å². The molecule has 1 N–H and O–H groups in total. The Morgan fingerprint density at radius 1 is 1.42 bits per heavy atom. The Bertz CT molecular complexity index is 504. The SMILES string of the molecule is N#Cc1ccc(CNCC(=O)N2CCCC2)c(Cl)c1. The van der Waals surface area contributed by atoms with E-state index in [-0.39, 0.29) is 5.91 Å². The summed E-state index contributed by atoms with van der Waals surface area (Å²) in [5.41, 5.74) is 1.44. The molecular weight excluding hydrogens is 262 g/mol. The second kappa shape index (κ2) is 6.55. The van der Waals surface area contributed by atoms with Crippen LogP contribution in [-0.4, -0.2) is 30.4 Å². The van der Waals surface area contributed by atoms with Gasteiger partial charge in [-0.05, 0) is 30.5 Å². The summed E-state index contributed by atoms with van der Waals surface area (Å²) in [4.78, 5) is 13.7. The lowest BCUT2D eigenvalue weighted by Gasteiger charge is -2.15. The van der Waals surface area contributed by atoms with E-state index >= 15 is 0 Å². The Kier molecular flexibility index (Phi) is 4.78. The van der Waals surface area contributed by atoms with Gasteiger partial charge in [-0.25, -0.2) is 0 Å². The number of amides is 1. The average Bonchev–Trinajstić information content (AvgIpc) is 2.94. The lowest BCUT2D eigenvalue weighted by Crippen LogP contribution is -2.36. The van der Waals surface area contributed by atoms with Crippen molar-refractivity contribution in [2.24, 2.45) is 0 Å². The van der Waals surface area contributed by atoms with Gasteiger partial charge in [0, 0.05) is 24.7 Å². The number of halogens is 1. The number of likely N-dealkylation sites (tertiary alicyclic amines) is 1. The van der Waals surface area contributed by atoms with Crippen LogP contribution in [0, 0.1) is 11.3 Å². The van der Waals surface area contributed by atoms with Crippen LogP contribution in [0.2, 0.25) is 5.02 Å². The van der Waals surface area contributed by atoms with Gasteiger partial charge in [0.1, 0.15) is 0 Å². The number of nitrogens with one attached hydrogen (secondary N) is 1. The summed E-state index contributed by atoms with van der Waals surface area (Å²) in [6.45, 7) is 2.61. The van der Waals surface area contributed by atoms with Crippen LogP contribution in [0.3, 0.4) is 0 Å². The van der Waals surface area contributed by atoms with Crippen LogP contribution >= 0.6 is 11.6 Å². The topological polar surface area (TPSA) is 56.1 Å². The molecule has 0 bridgehead atoms. The predicted molar refractivity (Wildman–Crippen MR) is 73.7 cm³/mol. The number of carbonyl (C=O) groups excluding carboxylic acids is 1. The van der Waals surface area contributed by atoms with Gasteiger partial charge in [0.25, 0.3) is 0 Å². The Hall–Kier alpha value is -1.57. The maximum atomic E-state index is 11.8. The molecule has 1 aromatic rings. The summed E-state index contributed by atoms with van der Waals surface area (Å²) in [5.74, 6) is 0.141. The Balaban J connectivity index is 1.82. The molecule has 5 heteroatoms. The number of carbonyl (C=O) groups is 1. The van der Waals surface area contributed by atoms with Crippen LogP contribution < -0.4 is 5.32 Å². The predicted octanol–water partition coefficient (Wildman–Crippen LogP) is 1.92. The molecule has 1 aliphatic rings. The number of hydrogen-bond donors (Lipinski definition) is 1. The zero-order valence-corrected chi connectivity index (χ0v) is 11.4. The van der Waals surface area contributed by atoms with Crippen molar-refractivity contribution in [3.63, 3.8) is 0 Å². The first-order chi connectivity index (χ1) is 9.20. The molecule has 0 unspecified atom stereocenters. The van der Waals surface area contributed by atoms with Gasteiger partial charge in [0.05, 0.1) is 18.2 Å². The van der Waals surface area contributed by atoms with Crippen LogP contribution in [-0.2, 0) is 11.3 Å². The fourth-order valence-corrected chi connectivity index (χ4v) is 2.39. The molecule has 1 fully saturated rings. The normalized spacial score (nSPS) is 14.4. The smallest absolute Gasteiger partial charge is 0.236 e. The van der Waals surface area contributed by atoms with Crippen LogP contribution in [0.25, 0.3) is 0 Å². The van der Waals surface area contributed by atoms with Crippen molar-refractivity contribution in [3.8, 4) is 6.07 Å². The van der Waals surface area contributed by atoms with E-state index in [1.165, 1.54) is 0 Å². The highest BCUT2D eigenvalue weighted by molar-refractivity contribution is 6.31. The summed E-state index contributed by atoms with van der Waals surface area (Å²) >= 11 is 6.06. The molecule has 1 heterocycles. The van der Waals surface area contributed by atoms with Crippen molar-refractivity contribution in [2.45, 2.75) is 19.4 Å². The fourth-order valence-electron chi connectivity index (χ4n) is 2.14. The Morgan fingerprint density at radius 2 is 2.16 bits per heavy atom. The molecule has 0 aliphatic carbocycles. The first kappa shape index (κ1) is 13.9. The van der Waals surface area contributed by atoms with Crippen molar-refractivity contribution in [1.29, 1.82) is 5.26 Å². The van der Waals surface area contributed by atoms with Crippen molar-refractivity contribution < 1.29 is 4.79 Å². The van der Waals surface area contributed by atoms with Gasteiger partial charge >= 0.3 is 0 Å². The van der Waals surface area contributed by atoms with Crippen LogP contribution in [0.15, 0.2) is 18.2 Å². The lowest BCUT2D eigenvalue weighted by molar-refractivity contribution is -0.129. The maximum absolute atomic E-state index is 11.8. The molecule has 0 atom stereocenters. The maximum Gasteiger partial charge on any atom is 0.236 e. The van der Waals surface area contributed by atoms with Crippen molar-refractivity contribution in [2.75, 3.05) is 19.6 Å². The molecule has 19 heavy (non-hydrogen) atoms. The third-order valence-electron chi connectivity index (χ3n) is 3.23. The summed E-state index contributed by atoms with van der Waals surface area (Å²) in [5, 5.41) is 12.4. The van der Waals surface area contributed by atoms with Crippen LogP contribution in [0.1, 0.15) is 24.0 Å². The minimum absolute atomic E-state index is 0.141. The molecule has 4 nitrogen and oxygen atoms in total. The molecule has 0 radical (unpaired) electrons. The van der Waals surface area contributed by atoms with Gasteiger partial charge < -0.3 is 10.2 Å². The van der Waals surface area contributed by atoms with Gasteiger partial charge in [0.15, 0.2) is 0 Å². The fraction of sp³-hybridized carbons (Fsp3) is 0.429. The molecule has 1 saturated heterocycles. The van der Waals surface area contributed by atoms with Crippen LogP contribution in [0.5, 0.6) is 0 Å². The molecule has 1 aliphatic heterocycles. The third kappa shape index (κ3) is 3.69. The van der Waals surface area contributed by atoms with Gasteiger partial charge in [-0.3, -0.25) is 4.79 Å². The average molecular weight is 278 g/mol. The van der Waals surface area contributed by atoms with Gasteiger partial charge in [-0.15, -0.1) is 0 Å². The second-order valence-corrected chi connectivity index (χ2v) is 5.02. The minimum Gasteiger partial charge on any atom is -0.342 e. The van der Waals surface area contributed by atoms with E-state index in [0.29, 0.717) is 23.7 Å². The van der Waals surface area contributed by atoms with Crippen molar-refractivity contribution >= 4 is 17.5 Å². The quantitative estimate of drug-likeness (QED) is 0.915. The molecule has 0 aromatic heterocycles. The van der Waals surface area contributed by atoms with E-state index in [4.69, 9.17) is 16.9 Å². The number of benzene rings is 1. The standard InChI is InChI=1S/C14H16ClN3O/c15-13-7-11(8-16)3-4-12(13)9-17-10-14(19)18-5-1-2-6-18/h3-4,7,17H,1-2,5-6,9-10H2.